The Morgan fingerprint density at radius 3 is 2.26 bits per heavy atom. The maximum absolute atomic E-state index is 13.1. The van der Waals surface area contributed by atoms with E-state index in [1.807, 2.05) is 80.7 Å². The van der Waals surface area contributed by atoms with Gasteiger partial charge in [0.2, 0.25) is 23.6 Å². The van der Waals surface area contributed by atoms with E-state index >= 15 is 0 Å². The first-order chi connectivity index (χ1) is 20.0. The lowest BCUT2D eigenvalue weighted by molar-refractivity contribution is -0.304. The highest BCUT2D eigenvalue weighted by molar-refractivity contribution is 6.05. The standard InChI is InChI=1S/C33H45N3O6/c1-32(2)24-41-33(3,4)42-29(32)30(39)35-21-19-27(37)34-20-15-12-16-22-36-28(38)23-26(31(36)40)25-17-13-10-8-6-5-7-9-11-14-18-25/h5-11,13-14,17-18,26,29H,12,15-16,19-24H2,1-4H3,(H,34,37)(H,35,39)/b6-5-,7-5?,8-6?,9-7-,10-8-,11-9?,13-10?,14-11-,17-13-,18-14?,25-17?,25-18+/t26?,29-/m0/s1. The number of hydrogen-bond donors (Lipinski definition) is 2. The summed E-state index contributed by atoms with van der Waals surface area (Å²) in [6.07, 6.45) is 22.7. The average Bonchev–Trinajstić information content (AvgIpc) is 3.20. The number of hydrogen-bond acceptors (Lipinski definition) is 6. The zero-order valence-electron chi connectivity index (χ0n) is 25.3. The molecule has 0 aromatic rings. The van der Waals surface area contributed by atoms with E-state index in [-0.39, 0.29) is 43.0 Å². The Labute approximate surface area is 249 Å². The van der Waals surface area contributed by atoms with E-state index in [0.29, 0.717) is 26.1 Å². The summed E-state index contributed by atoms with van der Waals surface area (Å²) in [5.41, 5.74) is 0.333. The van der Waals surface area contributed by atoms with Crippen LogP contribution in [0.25, 0.3) is 0 Å². The highest BCUT2D eigenvalue weighted by atomic mass is 16.7. The molecule has 2 aliphatic heterocycles. The molecule has 9 nitrogen and oxygen atoms in total. The van der Waals surface area contributed by atoms with Crippen LogP contribution >= 0.6 is 0 Å². The van der Waals surface area contributed by atoms with E-state index in [1.165, 1.54) is 4.90 Å². The lowest BCUT2D eigenvalue weighted by Crippen LogP contribution is -2.56. The number of allylic oxidation sites excluding steroid dienone is 11. The molecule has 2 saturated heterocycles. The second-order valence-corrected chi connectivity index (χ2v) is 11.8. The van der Waals surface area contributed by atoms with Crippen molar-refractivity contribution in [1.29, 1.82) is 0 Å². The summed E-state index contributed by atoms with van der Waals surface area (Å²) in [6, 6.07) is 0. The molecule has 42 heavy (non-hydrogen) atoms. The number of carbonyl (C=O) groups excluding carboxylic acids is 4. The van der Waals surface area contributed by atoms with E-state index in [9.17, 15) is 19.2 Å². The minimum atomic E-state index is -0.834. The fourth-order valence-electron chi connectivity index (χ4n) is 4.85. The van der Waals surface area contributed by atoms with Gasteiger partial charge in [-0.3, -0.25) is 24.1 Å². The summed E-state index contributed by atoms with van der Waals surface area (Å²) in [4.78, 5) is 52.0. The molecule has 9 heteroatoms. The van der Waals surface area contributed by atoms with Crippen molar-refractivity contribution in [3.05, 3.63) is 72.4 Å². The van der Waals surface area contributed by atoms with Gasteiger partial charge in [-0.15, -0.1) is 0 Å². The van der Waals surface area contributed by atoms with Crippen molar-refractivity contribution in [3.8, 4) is 0 Å². The highest BCUT2D eigenvalue weighted by Gasteiger charge is 2.45. The number of amides is 4. The summed E-state index contributed by atoms with van der Waals surface area (Å²) in [7, 11) is 0. The molecule has 3 rings (SSSR count). The Kier molecular flexibility index (Phi) is 12.2. The van der Waals surface area contributed by atoms with E-state index in [2.05, 4.69) is 10.6 Å². The SMILES string of the molecule is CC1(C)OCC(C)(C)[C@H](C(=O)NCCC(=O)NCCCCCN2C(=O)CC(C3=C/C=C\C=C/C=C\C=C/C=C\3)C2=O)O1. The second kappa shape index (κ2) is 15.6. The number of imide groups is 1. The quantitative estimate of drug-likeness (QED) is 0.282. The second-order valence-electron chi connectivity index (χ2n) is 11.8. The van der Waals surface area contributed by atoms with Gasteiger partial charge in [0.15, 0.2) is 5.79 Å². The van der Waals surface area contributed by atoms with E-state index in [0.717, 1.165) is 18.4 Å². The van der Waals surface area contributed by atoms with Crippen LogP contribution in [0.1, 0.15) is 59.8 Å². The zero-order chi connectivity index (χ0) is 30.6. The Morgan fingerprint density at radius 2 is 1.55 bits per heavy atom. The Bertz CT molecular complexity index is 1170. The molecule has 1 unspecified atom stereocenters. The first-order valence-electron chi connectivity index (χ1n) is 14.8. The average molecular weight is 580 g/mol. The largest absolute Gasteiger partial charge is 0.356 e. The first kappa shape index (κ1) is 32.9. The summed E-state index contributed by atoms with van der Waals surface area (Å²) in [5, 5.41) is 5.67. The van der Waals surface area contributed by atoms with Gasteiger partial charge in [0.1, 0.15) is 6.10 Å². The van der Waals surface area contributed by atoms with E-state index in [4.69, 9.17) is 9.47 Å². The molecule has 228 valence electrons. The van der Waals surface area contributed by atoms with Crippen LogP contribution in [0.15, 0.2) is 72.4 Å². The van der Waals surface area contributed by atoms with Gasteiger partial charge in [-0.25, -0.2) is 0 Å². The third kappa shape index (κ3) is 10.1. The third-order valence-electron chi connectivity index (χ3n) is 7.29. The molecule has 0 bridgehead atoms. The number of carbonyl (C=O) groups is 4. The monoisotopic (exact) mass is 579 g/mol. The molecule has 2 N–H and O–H groups in total. The van der Waals surface area contributed by atoms with Crippen molar-refractivity contribution in [3.63, 3.8) is 0 Å². The Balaban J connectivity index is 1.34. The van der Waals surface area contributed by atoms with E-state index < -0.39 is 23.2 Å². The molecule has 0 aromatic heterocycles. The van der Waals surface area contributed by atoms with Crippen LogP contribution in [-0.2, 0) is 28.7 Å². The fraction of sp³-hybridized carbons (Fsp3) is 0.515. The highest BCUT2D eigenvalue weighted by Crippen LogP contribution is 2.35. The van der Waals surface area contributed by atoms with Crippen molar-refractivity contribution in [2.45, 2.75) is 71.7 Å². The topological polar surface area (TPSA) is 114 Å². The van der Waals surface area contributed by atoms with Crippen LogP contribution < -0.4 is 10.6 Å². The molecule has 2 atom stereocenters. The fourth-order valence-corrected chi connectivity index (χ4v) is 4.85. The number of ether oxygens (including phenoxy) is 2. The summed E-state index contributed by atoms with van der Waals surface area (Å²) < 4.78 is 11.5. The molecule has 0 saturated carbocycles. The molecule has 1 aliphatic carbocycles. The summed E-state index contributed by atoms with van der Waals surface area (Å²) >= 11 is 0. The molecule has 4 amide bonds. The smallest absolute Gasteiger partial charge is 0.249 e. The molecule has 2 heterocycles. The Hall–Kier alpha value is -3.56. The molecule has 3 aliphatic rings. The minimum absolute atomic E-state index is 0.149. The zero-order valence-corrected chi connectivity index (χ0v) is 25.3. The van der Waals surface area contributed by atoms with Crippen molar-refractivity contribution < 1.29 is 28.7 Å². The maximum Gasteiger partial charge on any atom is 0.249 e. The maximum atomic E-state index is 13.1. The van der Waals surface area contributed by atoms with Gasteiger partial charge in [-0.2, -0.15) is 0 Å². The van der Waals surface area contributed by atoms with Gasteiger partial charge in [0.25, 0.3) is 0 Å². The van der Waals surface area contributed by atoms with E-state index in [1.54, 1.807) is 13.8 Å². The van der Waals surface area contributed by atoms with Gasteiger partial charge in [0, 0.05) is 37.9 Å². The number of likely N-dealkylation sites (tertiary alicyclic amines) is 1. The summed E-state index contributed by atoms with van der Waals surface area (Å²) in [5.74, 6) is -2.03. The van der Waals surface area contributed by atoms with Crippen molar-refractivity contribution in [1.82, 2.24) is 15.5 Å². The van der Waals surface area contributed by atoms with Crippen LogP contribution in [0.2, 0.25) is 0 Å². The molecule has 0 radical (unpaired) electrons. The van der Waals surface area contributed by atoms with Crippen LogP contribution in [-0.4, -0.2) is 66.7 Å². The number of nitrogens with one attached hydrogen (secondary N) is 2. The van der Waals surface area contributed by atoms with Gasteiger partial charge in [0.05, 0.1) is 12.5 Å². The van der Waals surface area contributed by atoms with Crippen LogP contribution in [0.5, 0.6) is 0 Å². The van der Waals surface area contributed by atoms with Crippen molar-refractivity contribution in [2.75, 3.05) is 26.2 Å². The van der Waals surface area contributed by atoms with Crippen LogP contribution in [0, 0.1) is 11.3 Å². The Morgan fingerprint density at radius 1 is 0.881 bits per heavy atom. The summed E-state index contributed by atoms with van der Waals surface area (Å²) in [6.45, 7) is 8.86. The predicted octanol–water partition coefficient (Wildman–Crippen LogP) is 4.05. The number of nitrogens with zero attached hydrogens (tertiary/aromatic N) is 1. The minimum Gasteiger partial charge on any atom is -0.356 e. The number of unbranched alkanes of at least 4 members (excludes halogenated alkanes) is 2. The molecular formula is C33H45N3O6. The van der Waals surface area contributed by atoms with Crippen LogP contribution in [0.3, 0.4) is 0 Å². The molecule has 0 aromatic carbocycles. The first-order valence-corrected chi connectivity index (χ1v) is 14.8. The lowest BCUT2D eigenvalue weighted by atomic mass is 9.85. The third-order valence-corrected chi connectivity index (χ3v) is 7.29. The normalized spacial score (nSPS) is 28.4. The van der Waals surface area contributed by atoms with Crippen LogP contribution in [0.4, 0.5) is 0 Å². The molecule has 2 fully saturated rings. The molecule has 0 spiro atoms. The predicted molar refractivity (Wildman–Crippen MR) is 162 cm³/mol. The lowest BCUT2D eigenvalue weighted by Gasteiger charge is -2.44. The van der Waals surface area contributed by atoms with Crippen molar-refractivity contribution >= 4 is 23.6 Å². The van der Waals surface area contributed by atoms with Gasteiger partial charge in [-0.1, -0.05) is 80.7 Å². The number of rotatable bonds is 11. The van der Waals surface area contributed by atoms with Gasteiger partial charge < -0.3 is 20.1 Å². The molecular weight excluding hydrogens is 534 g/mol. The van der Waals surface area contributed by atoms with Gasteiger partial charge in [-0.05, 0) is 38.7 Å². The van der Waals surface area contributed by atoms with Crippen molar-refractivity contribution in [2.24, 2.45) is 11.3 Å². The van der Waals surface area contributed by atoms with Gasteiger partial charge >= 0.3 is 0 Å².